The number of rotatable bonds is 0. The number of benzene rings is 11. The molecular weight excluding hydrogens is 1500 g/mol. The van der Waals surface area contributed by atoms with Crippen LogP contribution in [0.5, 0.6) is 0 Å². The fourth-order valence-corrected chi connectivity index (χ4v) is 21.2. The van der Waals surface area contributed by atoms with Crippen molar-refractivity contribution in [2.45, 2.75) is 287 Å². The van der Waals surface area contributed by atoms with E-state index >= 15 is 0 Å². The van der Waals surface area contributed by atoms with E-state index in [0.717, 1.165) is 55.9 Å². The van der Waals surface area contributed by atoms with Gasteiger partial charge in [-0.25, -0.2) is 4.98 Å². The van der Waals surface area contributed by atoms with Crippen molar-refractivity contribution in [1.29, 1.82) is 0 Å². The van der Waals surface area contributed by atoms with Gasteiger partial charge in [-0.2, -0.15) is 0 Å². The Hall–Kier alpha value is -9.45. The van der Waals surface area contributed by atoms with Gasteiger partial charge in [0.05, 0.1) is 0 Å². The number of aryl methyl sites for hydroxylation is 11. The quantitative estimate of drug-likeness (QED) is 0.112. The van der Waals surface area contributed by atoms with Gasteiger partial charge in [0.25, 0.3) is 0 Å². The fourth-order valence-electron chi connectivity index (χ4n) is 18.5. The van der Waals surface area contributed by atoms with Crippen molar-refractivity contribution < 1.29 is 17.7 Å². The van der Waals surface area contributed by atoms with Crippen LogP contribution in [0.2, 0.25) is 0 Å². The van der Waals surface area contributed by atoms with Gasteiger partial charge in [0.2, 0.25) is 5.71 Å². The van der Waals surface area contributed by atoms with E-state index in [-0.39, 0.29) is 32.5 Å². The molecule has 0 amide bonds. The van der Waals surface area contributed by atoms with Crippen LogP contribution in [0.15, 0.2) is 169 Å². The second-order valence-electron chi connectivity index (χ2n) is 41.5. The molecule has 6 heteroatoms. The Bertz CT molecular complexity index is 6750. The van der Waals surface area contributed by atoms with Crippen molar-refractivity contribution in [3.8, 4) is 0 Å². The van der Waals surface area contributed by atoms with Crippen LogP contribution in [-0.2, 0) is 37.9 Å². The van der Waals surface area contributed by atoms with Crippen molar-refractivity contribution in [2.75, 3.05) is 0 Å². The molecule has 0 unspecified atom stereocenters. The van der Waals surface area contributed by atoms with E-state index in [9.17, 15) is 0 Å². The zero-order valence-electron chi connectivity index (χ0n) is 78.4. The summed E-state index contributed by atoms with van der Waals surface area (Å²) in [5.74, 6) is 0. The Morgan fingerprint density at radius 3 is 1.18 bits per heavy atom. The molecular formula is C112H133NO4Se. The molecule has 5 nitrogen and oxygen atoms in total. The van der Waals surface area contributed by atoms with E-state index in [4.69, 9.17) is 17.7 Å². The number of fused-ring (bicyclic) bond motifs is 15. The normalized spacial score (nSPS) is 12.6. The van der Waals surface area contributed by atoms with Gasteiger partial charge in [-0.05, 0) is 295 Å². The van der Waals surface area contributed by atoms with Crippen LogP contribution < -0.4 is 0 Å². The summed E-state index contributed by atoms with van der Waals surface area (Å²) in [7, 11) is 0. The molecule has 6 aromatic heterocycles. The number of hydrogen-bond acceptors (Lipinski definition) is 5. The molecule has 17 rings (SSSR count). The SMILES string of the molecule is Cc1c(C(C)(C)C)[se]c2ccccc12.Cc1c(C(C)(C)C)cc(C(C)(C)C)c2cc3ccccc3cc12.Cc1cc(C)c2c(c1)oc1c(C(C)(C)C)c(C)c(C)cc12.Cc1cc2c(oc3c(C)ccc(C)c32)c(C(C)(C)C)c1C.Cc1cc2c(oc3ccccc32)c(C(C)(C)C)c1C.Cc1ccc2c(n1)oc1c(C(C)(C)C)c(C)c(C)cc12. The summed E-state index contributed by atoms with van der Waals surface area (Å²) in [6, 6.07) is 55.0. The average molecular weight is 1640 g/mol. The average Bonchev–Trinajstić information content (AvgIpc) is 1.52. The summed E-state index contributed by atoms with van der Waals surface area (Å²) >= 11 is 0.554. The third-order valence-corrected chi connectivity index (χ3v) is 28.0. The number of para-hydroxylation sites is 1. The number of furan rings is 4. The third kappa shape index (κ3) is 17.1. The van der Waals surface area contributed by atoms with E-state index in [2.05, 4.69) is 381 Å². The van der Waals surface area contributed by atoms with Crippen LogP contribution in [-0.4, -0.2) is 19.5 Å². The molecule has 0 N–H and O–H groups in total. The summed E-state index contributed by atoms with van der Waals surface area (Å²) in [5.41, 5.74) is 36.8. The van der Waals surface area contributed by atoms with E-state index < -0.39 is 0 Å². The van der Waals surface area contributed by atoms with E-state index in [1.54, 1.807) is 8.70 Å². The Kier molecular flexibility index (Phi) is 23.8. The van der Waals surface area contributed by atoms with Crippen LogP contribution in [0.1, 0.15) is 267 Å². The maximum absolute atomic E-state index is 6.36. The third-order valence-electron chi connectivity index (χ3n) is 24.4. The van der Waals surface area contributed by atoms with Crippen molar-refractivity contribution in [3.63, 3.8) is 0 Å². The van der Waals surface area contributed by atoms with Gasteiger partial charge in [0.1, 0.15) is 39.1 Å². The number of hydrogen-bond donors (Lipinski definition) is 0. The molecule has 0 bridgehead atoms. The maximum Gasteiger partial charge on any atom is 0.227 e. The Balaban J connectivity index is 0.000000131. The smallest absolute Gasteiger partial charge is 0.227 e. The van der Waals surface area contributed by atoms with Crippen LogP contribution in [0, 0.1) is 104 Å². The molecule has 0 aliphatic carbocycles. The molecule has 11 aromatic carbocycles. The van der Waals surface area contributed by atoms with Crippen LogP contribution in [0.4, 0.5) is 0 Å². The summed E-state index contributed by atoms with van der Waals surface area (Å²) in [5, 5.41) is 16.8. The predicted molar refractivity (Wildman–Crippen MR) is 517 cm³/mol. The van der Waals surface area contributed by atoms with Gasteiger partial charge in [-0.1, -0.05) is 191 Å². The number of nitrogens with zero attached hydrogens (tertiary/aromatic N) is 1. The first kappa shape index (κ1) is 87.9. The molecule has 0 aliphatic rings. The second-order valence-corrected chi connectivity index (χ2v) is 43.7. The zero-order chi connectivity index (χ0) is 86.8. The van der Waals surface area contributed by atoms with Crippen molar-refractivity contribution in [1.82, 2.24) is 4.98 Å². The van der Waals surface area contributed by atoms with Crippen molar-refractivity contribution >= 4 is 134 Å². The van der Waals surface area contributed by atoms with Crippen molar-refractivity contribution in [2.24, 2.45) is 0 Å². The van der Waals surface area contributed by atoms with E-state index in [1.807, 2.05) is 25.1 Å². The first-order valence-electron chi connectivity index (χ1n) is 42.7. The summed E-state index contributed by atoms with van der Waals surface area (Å²) in [6.07, 6.45) is 0. The minimum Gasteiger partial charge on any atom is -0.456 e. The van der Waals surface area contributed by atoms with Gasteiger partial charge >= 0.3 is 91.5 Å². The largest absolute Gasteiger partial charge is 0.456 e. The molecule has 118 heavy (non-hydrogen) atoms. The van der Waals surface area contributed by atoms with Crippen molar-refractivity contribution in [3.05, 3.63) is 273 Å². The Labute approximate surface area is 711 Å². The molecule has 0 saturated carbocycles. The topological polar surface area (TPSA) is 65.5 Å². The minimum atomic E-state index is 0.0529. The fraction of sp³-hybridized carbons (Fsp3) is 0.384. The van der Waals surface area contributed by atoms with E-state index in [1.165, 1.54) is 176 Å². The molecule has 17 aromatic rings. The molecule has 0 radical (unpaired) electrons. The Morgan fingerprint density at radius 1 is 0.254 bits per heavy atom. The van der Waals surface area contributed by atoms with E-state index in [0.29, 0.717) is 19.9 Å². The van der Waals surface area contributed by atoms with Gasteiger partial charge in [-0.15, -0.1) is 0 Å². The monoisotopic (exact) mass is 1640 g/mol. The molecule has 0 fully saturated rings. The minimum absolute atomic E-state index is 0.0529. The first-order chi connectivity index (χ1) is 54.7. The summed E-state index contributed by atoms with van der Waals surface area (Å²) in [6.45, 7) is 80.6. The standard InChI is InChI=1S/C23H28.2C20H24O.C18H21NO.C18H20O.C13H16Se/c1-15-18-12-16-10-8-9-11-17(16)13-19(18)21(23(5,6)7)14-20(15)22(2,3)4;1-11-8-13(3)17-15-10-12(2)14(4)18(20(5,6)7)19(15)21-16(17)9-11;1-11-8-9-12(2)18-16(11)15-10-13(3)14(4)17(19(15)21-18)20(5,6)7;1-10-9-14-13-8-7-11(2)19-17(13)20-16(14)15(12(10)3)18(4,5)6;1-11-10-14-13-8-6-7-9-15(13)19-17(14)16(12(11)2)18(3,4)5;1-9-10-7-5-6-8-11(10)14-12(9)13(2,3)4/h8-14H,1-7H3;2*8-10H,1-7H3;7-9H,1-6H3;6-10H,1-5H3;5-8H,1-4H3. The van der Waals surface area contributed by atoms with Gasteiger partial charge < -0.3 is 17.7 Å². The molecule has 6 heterocycles. The molecule has 0 spiro atoms. The zero-order valence-corrected chi connectivity index (χ0v) is 80.1. The Morgan fingerprint density at radius 2 is 0.678 bits per heavy atom. The predicted octanol–water partition coefficient (Wildman–Crippen LogP) is 33.3. The van der Waals surface area contributed by atoms with Gasteiger partial charge in [0, 0.05) is 71.0 Å². The second kappa shape index (κ2) is 31.9. The van der Waals surface area contributed by atoms with Gasteiger partial charge in [-0.3, -0.25) is 0 Å². The summed E-state index contributed by atoms with van der Waals surface area (Å²) < 4.78 is 28.1. The molecule has 0 atom stereocenters. The van der Waals surface area contributed by atoms with Gasteiger partial charge in [0.15, 0.2) is 0 Å². The first-order valence-corrected chi connectivity index (χ1v) is 44.5. The number of pyridine rings is 1. The number of aromatic nitrogens is 1. The van der Waals surface area contributed by atoms with Crippen LogP contribution in [0.3, 0.4) is 0 Å². The maximum atomic E-state index is 6.36. The molecule has 616 valence electrons. The summed E-state index contributed by atoms with van der Waals surface area (Å²) in [4.78, 5) is 4.53. The molecule has 0 saturated heterocycles. The molecule has 0 aliphatic heterocycles. The van der Waals surface area contributed by atoms with Crippen LogP contribution >= 0.6 is 0 Å². The van der Waals surface area contributed by atoms with Crippen LogP contribution in [0.25, 0.3) is 119 Å².